The molecule has 1 heterocycles. The first-order valence-corrected chi connectivity index (χ1v) is 7.50. The maximum Gasteiger partial charge on any atom is 0.229 e. The molecule has 0 saturated carbocycles. The number of nitrogens with one attached hydrogen (secondary N) is 1. The number of hydrogen-bond acceptors (Lipinski definition) is 2. The van der Waals surface area contributed by atoms with E-state index in [9.17, 15) is 9.59 Å². The second-order valence-corrected chi connectivity index (χ2v) is 7.10. The van der Waals surface area contributed by atoms with Crippen LogP contribution in [0.5, 0.6) is 0 Å². The highest BCUT2D eigenvalue weighted by molar-refractivity contribution is 6.35. The van der Waals surface area contributed by atoms with Gasteiger partial charge in [-0.2, -0.15) is 0 Å². The van der Waals surface area contributed by atoms with E-state index < -0.39 is 0 Å². The van der Waals surface area contributed by atoms with E-state index in [1.165, 1.54) is 0 Å². The summed E-state index contributed by atoms with van der Waals surface area (Å²) in [5.41, 5.74) is 0.269. The molecule has 6 heteroatoms. The molecule has 21 heavy (non-hydrogen) atoms. The third-order valence-electron chi connectivity index (χ3n) is 3.44. The van der Waals surface area contributed by atoms with Gasteiger partial charge in [0, 0.05) is 34.2 Å². The van der Waals surface area contributed by atoms with Crippen LogP contribution in [0.25, 0.3) is 0 Å². The lowest BCUT2D eigenvalue weighted by atomic mass is 10.1. The van der Waals surface area contributed by atoms with Crippen LogP contribution in [0.1, 0.15) is 27.2 Å². The summed E-state index contributed by atoms with van der Waals surface area (Å²) in [6.07, 6.45) is 0.234. The molecular formula is C15H18Cl2N2O2. The number of carbonyl (C=O) groups excluding carboxylic acids is 2. The summed E-state index contributed by atoms with van der Waals surface area (Å²) in [5, 5.41) is 3.68. The van der Waals surface area contributed by atoms with Gasteiger partial charge in [0.15, 0.2) is 0 Å². The Morgan fingerprint density at radius 3 is 2.29 bits per heavy atom. The van der Waals surface area contributed by atoms with E-state index in [1.807, 2.05) is 20.8 Å². The van der Waals surface area contributed by atoms with Gasteiger partial charge in [-0.25, -0.2) is 0 Å². The molecule has 0 aliphatic carbocycles. The lowest BCUT2D eigenvalue weighted by molar-refractivity contribution is -0.131. The van der Waals surface area contributed by atoms with Crippen LogP contribution in [0, 0.1) is 5.92 Å². The van der Waals surface area contributed by atoms with E-state index in [2.05, 4.69) is 5.32 Å². The quantitative estimate of drug-likeness (QED) is 0.902. The molecule has 0 radical (unpaired) electrons. The van der Waals surface area contributed by atoms with Crippen molar-refractivity contribution in [3.8, 4) is 0 Å². The smallest absolute Gasteiger partial charge is 0.229 e. The Hall–Kier alpha value is -1.26. The molecule has 2 amide bonds. The monoisotopic (exact) mass is 328 g/mol. The number of likely N-dealkylation sites (tertiary alicyclic amines) is 1. The van der Waals surface area contributed by atoms with Gasteiger partial charge in [0.05, 0.1) is 5.92 Å². The molecule has 1 atom stereocenters. The third-order valence-corrected chi connectivity index (χ3v) is 3.87. The van der Waals surface area contributed by atoms with Crippen LogP contribution >= 0.6 is 23.2 Å². The van der Waals surface area contributed by atoms with Crippen LogP contribution in [0.3, 0.4) is 0 Å². The van der Waals surface area contributed by atoms with Crippen LogP contribution in [0.4, 0.5) is 5.69 Å². The van der Waals surface area contributed by atoms with Crippen molar-refractivity contribution in [2.75, 3.05) is 11.9 Å². The molecule has 0 aromatic heterocycles. The molecule has 0 spiro atoms. The number of benzene rings is 1. The van der Waals surface area contributed by atoms with Gasteiger partial charge in [0.25, 0.3) is 0 Å². The Balaban J connectivity index is 2.07. The summed E-state index contributed by atoms with van der Waals surface area (Å²) < 4.78 is 0. The van der Waals surface area contributed by atoms with Crippen LogP contribution in [-0.2, 0) is 9.59 Å². The zero-order chi connectivity index (χ0) is 15.8. The average Bonchev–Trinajstić information content (AvgIpc) is 2.69. The molecule has 114 valence electrons. The lowest BCUT2D eigenvalue weighted by Crippen LogP contribution is -2.42. The van der Waals surface area contributed by atoms with Gasteiger partial charge in [-0.3, -0.25) is 9.59 Å². The second-order valence-electron chi connectivity index (χ2n) is 6.22. The summed E-state index contributed by atoms with van der Waals surface area (Å²) in [6.45, 7) is 6.31. The van der Waals surface area contributed by atoms with E-state index in [4.69, 9.17) is 23.2 Å². The van der Waals surface area contributed by atoms with E-state index in [1.54, 1.807) is 23.1 Å². The van der Waals surface area contributed by atoms with Crippen molar-refractivity contribution >= 4 is 40.7 Å². The minimum absolute atomic E-state index is 0.00627. The van der Waals surface area contributed by atoms with Gasteiger partial charge in [-0.15, -0.1) is 0 Å². The first kappa shape index (κ1) is 16.1. The summed E-state index contributed by atoms with van der Waals surface area (Å²) in [7, 11) is 0. The zero-order valence-electron chi connectivity index (χ0n) is 12.2. The van der Waals surface area contributed by atoms with Crippen molar-refractivity contribution in [3.05, 3.63) is 28.2 Å². The van der Waals surface area contributed by atoms with E-state index in [0.29, 0.717) is 22.3 Å². The molecule has 0 unspecified atom stereocenters. The van der Waals surface area contributed by atoms with E-state index in [0.717, 1.165) is 0 Å². The van der Waals surface area contributed by atoms with Crippen LogP contribution in [0.2, 0.25) is 10.0 Å². The Morgan fingerprint density at radius 2 is 1.81 bits per heavy atom. The molecule has 0 bridgehead atoms. The van der Waals surface area contributed by atoms with Crippen molar-refractivity contribution in [2.45, 2.75) is 32.7 Å². The number of hydrogen-bond donors (Lipinski definition) is 1. The molecule has 1 aliphatic rings. The standard InChI is InChI=1S/C15H18Cl2N2O2/c1-15(2,3)19-8-9(4-13(19)20)14(21)18-12-6-10(16)5-11(17)7-12/h5-7,9H,4,8H2,1-3H3,(H,18,21)/t9-/m0/s1. The molecule has 1 aromatic rings. The topological polar surface area (TPSA) is 49.4 Å². The Labute approximate surface area is 134 Å². The van der Waals surface area contributed by atoms with Crippen molar-refractivity contribution < 1.29 is 9.59 Å². The molecule has 4 nitrogen and oxygen atoms in total. The van der Waals surface area contributed by atoms with Gasteiger partial charge < -0.3 is 10.2 Å². The Morgan fingerprint density at radius 1 is 1.24 bits per heavy atom. The fourth-order valence-electron chi connectivity index (χ4n) is 2.40. The van der Waals surface area contributed by atoms with Crippen molar-refractivity contribution in [1.29, 1.82) is 0 Å². The first-order valence-electron chi connectivity index (χ1n) is 6.74. The van der Waals surface area contributed by atoms with Gasteiger partial charge >= 0.3 is 0 Å². The van der Waals surface area contributed by atoms with Crippen molar-refractivity contribution in [1.82, 2.24) is 4.90 Å². The number of amides is 2. The van der Waals surface area contributed by atoms with Gasteiger partial charge in [-0.05, 0) is 39.0 Å². The highest BCUT2D eigenvalue weighted by Gasteiger charge is 2.39. The summed E-state index contributed by atoms with van der Waals surface area (Å²) in [4.78, 5) is 26.0. The van der Waals surface area contributed by atoms with Gasteiger partial charge in [0.2, 0.25) is 11.8 Å². The number of rotatable bonds is 2. The lowest BCUT2D eigenvalue weighted by Gasteiger charge is -2.31. The molecule has 1 fully saturated rings. The summed E-state index contributed by atoms with van der Waals surface area (Å²) in [5.74, 6) is -0.533. The zero-order valence-corrected chi connectivity index (χ0v) is 13.8. The maximum atomic E-state index is 12.3. The summed E-state index contributed by atoms with van der Waals surface area (Å²) in [6, 6.07) is 4.85. The average molecular weight is 329 g/mol. The minimum Gasteiger partial charge on any atom is -0.337 e. The number of anilines is 1. The van der Waals surface area contributed by atoms with Crippen LogP contribution in [-0.4, -0.2) is 28.8 Å². The maximum absolute atomic E-state index is 12.3. The van der Waals surface area contributed by atoms with Crippen molar-refractivity contribution in [3.63, 3.8) is 0 Å². The minimum atomic E-state index is -0.352. The van der Waals surface area contributed by atoms with Crippen LogP contribution < -0.4 is 5.32 Å². The van der Waals surface area contributed by atoms with Gasteiger partial charge in [-0.1, -0.05) is 23.2 Å². The number of halogens is 2. The first-order chi connectivity index (χ1) is 9.66. The molecule has 2 rings (SSSR count). The largest absolute Gasteiger partial charge is 0.337 e. The van der Waals surface area contributed by atoms with E-state index >= 15 is 0 Å². The highest BCUT2D eigenvalue weighted by Crippen LogP contribution is 2.28. The number of carbonyl (C=O) groups is 2. The van der Waals surface area contributed by atoms with Gasteiger partial charge in [0.1, 0.15) is 0 Å². The third kappa shape index (κ3) is 3.89. The predicted molar refractivity (Wildman–Crippen MR) is 84.7 cm³/mol. The molecule has 1 aromatic carbocycles. The molecule has 1 aliphatic heterocycles. The fourth-order valence-corrected chi connectivity index (χ4v) is 2.93. The summed E-state index contributed by atoms with van der Waals surface area (Å²) >= 11 is 11.8. The SMILES string of the molecule is CC(C)(C)N1C[C@@H](C(=O)Nc2cc(Cl)cc(Cl)c2)CC1=O. The number of nitrogens with zero attached hydrogens (tertiary/aromatic N) is 1. The van der Waals surface area contributed by atoms with Crippen molar-refractivity contribution in [2.24, 2.45) is 5.92 Å². The van der Waals surface area contributed by atoms with E-state index in [-0.39, 0.29) is 29.7 Å². The highest BCUT2D eigenvalue weighted by atomic mass is 35.5. The molecule has 1 saturated heterocycles. The Kier molecular flexibility index (Phi) is 4.49. The van der Waals surface area contributed by atoms with Crippen LogP contribution in [0.15, 0.2) is 18.2 Å². The predicted octanol–water partition coefficient (Wildman–Crippen LogP) is 3.58. The Bertz CT molecular complexity index is 561. The molecule has 1 N–H and O–H groups in total. The fraction of sp³-hybridized carbons (Fsp3) is 0.467. The second kappa shape index (κ2) is 5.85. The normalized spacial score (nSPS) is 19.0. The molecular weight excluding hydrogens is 311 g/mol.